The van der Waals surface area contributed by atoms with Crippen LogP contribution in [0.15, 0.2) is 58.3 Å². The molecule has 8 heteroatoms. The number of amides is 1. The van der Waals surface area contributed by atoms with Crippen molar-refractivity contribution in [1.82, 2.24) is 4.90 Å². The molecule has 5 nitrogen and oxygen atoms in total. The molecule has 0 saturated carbocycles. The van der Waals surface area contributed by atoms with Crippen LogP contribution in [0.25, 0.3) is 11.3 Å². The Kier molecular flexibility index (Phi) is 5.31. The van der Waals surface area contributed by atoms with Gasteiger partial charge in [0.1, 0.15) is 11.5 Å². The molecule has 0 N–H and O–H groups in total. The maximum Gasteiger partial charge on any atom is 0.264 e. The van der Waals surface area contributed by atoms with Gasteiger partial charge >= 0.3 is 0 Å². The number of carbonyl (C=O) groups is 1. The van der Waals surface area contributed by atoms with Crippen molar-refractivity contribution in [3.05, 3.63) is 69.6 Å². The Labute approximate surface area is 172 Å². The molecule has 146 valence electrons. The van der Waals surface area contributed by atoms with Crippen LogP contribution in [-0.2, 0) is 16.4 Å². The standard InChI is InChI=1S/C20H18ClNO4S2/c21-15-4-1-3-14(11-15)18-7-6-17(26-18)12-22(16-8-10-28(24,25)13-16)20(23)19-5-2-9-27-19/h1-7,9,11,16H,8,10,12-13H2. The lowest BCUT2D eigenvalue weighted by Gasteiger charge is -2.27. The predicted molar refractivity (Wildman–Crippen MR) is 110 cm³/mol. The highest BCUT2D eigenvalue weighted by molar-refractivity contribution is 7.91. The van der Waals surface area contributed by atoms with Gasteiger partial charge in [0.2, 0.25) is 0 Å². The normalized spacial score (nSPS) is 18.2. The fourth-order valence-electron chi connectivity index (χ4n) is 3.36. The van der Waals surface area contributed by atoms with Gasteiger partial charge in [-0.25, -0.2) is 8.42 Å². The van der Waals surface area contributed by atoms with E-state index in [-0.39, 0.29) is 30.0 Å². The minimum Gasteiger partial charge on any atom is -0.459 e. The van der Waals surface area contributed by atoms with E-state index in [1.807, 2.05) is 41.8 Å². The summed E-state index contributed by atoms with van der Waals surface area (Å²) in [7, 11) is -3.11. The number of hydrogen-bond donors (Lipinski definition) is 0. The Morgan fingerprint density at radius 3 is 2.75 bits per heavy atom. The third-order valence-corrected chi connectivity index (χ3v) is 7.58. The molecular weight excluding hydrogens is 418 g/mol. The Morgan fingerprint density at radius 2 is 2.07 bits per heavy atom. The van der Waals surface area contributed by atoms with Crippen LogP contribution in [-0.4, -0.2) is 36.8 Å². The molecule has 4 rings (SSSR count). The van der Waals surface area contributed by atoms with Gasteiger partial charge in [0.25, 0.3) is 5.91 Å². The Hall–Kier alpha value is -2.09. The third-order valence-electron chi connectivity index (χ3n) is 4.74. The van der Waals surface area contributed by atoms with Gasteiger partial charge in [-0.05, 0) is 42.1 Å². The Morgan fingerprint density at radius 1 is 1.21 bits per heavy atom. The molecule has 28 heavy (non-hydrogen) atoms. The van der Waals surface area contributed by atoms with Crippen molar-refractivity contribution >= 4 is 38.7 Å². The van der Waals surface area contributed by atoms with E-state index < -0.39 is 9.84 Å². The van der Waals surface area contributed by atoms with Crippen molar-refractivity contribution in [3.8, 4) is 11.3 Å². The van der Waals surface area contributed by atoms with Gasteiger partial charge in [0, 0.05) is 16.6 Å². The number of halogens is 1. The second-order valence-corrected chi connectivity index (χ2v) is 10.4. The second kappa shape index (κ2) is 7.73. The van der Waals surface area contributed by atoms with Crippen LogP contribution in [0, 0.1) is 0 Å². The van der Waals surface area contributed by atoms with Gasteiger partial charge in [-0.1, -0.05) is 29.8 Å². The number of furan rings is 1. The quantitative estimate of drug-likeness (QED) is 0.592. The van der Waals surface area contributed by atoms with Gasteiger partial charge < -0.3 is 9.32 Å². The number of hydrogen-bond acceptors (Lipinski definition) is 5. The lowest BCUT2D eigenvalue weighted by Crippen LogP contribution is -2.40. The topological polar surface area (TPSA) is 67.6 Å². The van der Waals surface area contributed by atoms with Gasteiger partial charge in [-0.3, -0.25) is 4.79 Å². The van der Waals surface area contributed by atoms with Crippen molar-refractivity contribution in [2.45, 2.75) is 19.0 Å². The van der Waals surface area contributed by atoms with Crippen LogP contribution < -0.4 is 0 Å². The zero-order chi connectivity index (χ0) is 19.7. The molecule has 1 fully saturated rings. The molecule has 3 heterocycles. The molecule has 0 spiro atoms. The van der Waals surface area contributed by atoms with E-state index in [1.165, 1.54) is 11.3 Å². The first-order valence-electron chi connectivity index (χ1n) is 8.81. The maximum absolute atomic E-state index is 13.0. The van der Waals surface area contributed by atoms with E-state index in [0.717, 1.165) is 5.56 Å². The number of benzene rings is 1. The summed E-state index contributed by atoms with van der Waals surface area (Å²) in [5.74, 6) is 1.19. The van der Waals surface area contributed by atoms with Crippen molar-refractivity contribution < 1.29 is 17.6 Å². The Bertz CT molecular complexity index is 1090. The summed E-state index contributed by atoms with van der Waals surface area (Å²) >= 11 is 7.39. The average Bonchev–Trinajstić information content (AvgIpc) is 3.40. The number of nitrogens with zero attached hydrogens (tertiary/aromatic N) is 1. The zero-order valence-electron chi connectivity index (χ0n) is 14.9. The first-order chi connectivity index (χ1) is 13.4. The molecule has 1 unspecified atom stereocenters. The van der Waals surface area contributed by atoms with Crippen molar-refractivity contribution in [2.75, 3.05) is 11.5 Å². The summed E-state index contributed by atoms with van der Waals surface area (Å²) in [6.45, 7) is 0.220. The largest absolute Gasteiger partial charge is 0.459 e. The zero-order valence-corrected chi connectivity index (χ0v) is 17.3. The molecule has 1 saturated heterocycles. The van der Waals surface area contributed by atoms with Crippen LogP contribution in [0.1, 0.15) is 21.9 Å². The molecule has 1 amide bonds. The molecule has 2 aromatic heterocycles. The highest BCUT2D eigenvalue weighted by atomic mass is 35.5. The lowest BCUT2D eigenvalue weighted by atomic mass is 10.2. The lowest BCUT2D eigenvalue weighted by molar-refractivity contribution is 0.0671. The predicted octanol–water partition coefficient (Wildman–Crippen LogP) is 4.49. The highest BCUT2D eigenvalue weighted by Crippen LogP contribution is 2.28. The monoisotopic (exact) mass is 435 g/mol. The molecule has 1 atom stereocenters. The summed E-state index contributed by atoms with van der Waals surface area (Å²) in [5.41, 5.74) is 0.846. The molecule has 0 aliphatic carbocycles. The van der Waals surface area contributed by atoms with Crippen LogP contribution in [0.3, 0.4) is 0 Å². The molecule has 1 aliphatic heterocycles. The summed E-state index contributed by atoms with van der Waals surface area (Å²) in [6.07, 6.45) is 0.446. The minimum absolute atomic E-state index is 0.00796. The van der Waals surface area contributed by atoms with Crippen LogP contribution >= 0.6 is 22.9 Å². The van der Waals surface area contributed by atoms with E-state index in [9.17, 15) is 13.2 Å². The average molecular weight is 436 g/mol. The second-order valence-electron chi connectivity index (χ2n) is 6.74. The smallest absolute Gasteiger partial charge is 0.264 e. The fraction of sp³-hybridized carbons (Fsp3) is 0.250. The minimum atomic E-state index is -3.11. The van der Waals surface area contributed by atoms with E-state index in [0.29, 0.717) is 27.8 Å². The molecular formula is C20H18ClNO4S2. The maximum atomic E-state index is 13.0. The summed E-state index contributed by atoms with van der Waals surface area (Å²) in [5, 5.41) is 2.45. The molecule has 0 radical (unpaired) electrons. The van der Waals surface area contributed by atoms with E-state index in [1.54, 1.807) is 17.0 Å². The molecule has 1 aliphatic rings. The number of rotatable bonds is 5. The summed E-state index contributed by atoms with van der Waals surface area (Å²) in [4.78, 5) is 15.2. The molecule has 0 bridgehead atoms. The van der Waals surface area contributed by atoms with Crippen molar-refractivity contribution in [2.24, 2.45) is 0 Å². The highest BCUT2D eigenvalue weighted by Gasteiger charge is 2.35. The number of thiophene rings is 1. The van der Waals surface area contributed by atoms with E-state index in [2.05, 4.69) is 0 Å². The van der Waals surface area contributed by atoms with E-state index >= 15 is 0 Å². The number of carbonyl (C=O) groups excluding carboxylic acids is 1. The third kappa shape index (κ3) is 4.16. The first kappa shape index (κ1) is 19.2. The summed E-state index contributed by atoms with van der Waals surface area (Å²) in [6, 6.07) is 14.2. The van der Waals surface area contributed by atoms with Gasteiger partial charge in [-0.2, -0.15) is 0 Å². The van der Waals surface area contributed by atoms with Crippen molar-refractivity contribution in [1.29, 1.82) is 0 Å². The molecule has 3 aromatic rings. The van der Waals surface area contributed by atoms with Crippen molar-refractivity contribution in [3.63, 3.8) is 0 Å². The van der Waals surface area contributed by atoms with Crippen LogP contribution in [0.5, 0.6) is 0 Å². The number of sulfone groups is 1. The van der Waals surface area contributed by atoms with Gasteiger partial charge in [0.05, 0.1) is 22.9 Å². The molecule has 1 aromatic carbocycles. The van der Waals surface area contributed by atoms with Gasteiger partial charge in [-0.15, -0.1) is 11.3 Å². The van der Waals surface area contributed by atoms with Crippen LogP contribution in [0.4, 0.5) is 0 Å². The first-order valence-corrected chi connectivity index (χ1v) is 11.9. The van der Waals surface area contributed by atoms with Crippen LogP contribution in [0.2, 0.25) is 5.02 Å². The Balaban J connectivity index is 1.60. The fourth-order valence-corrected chi connectivity index (χ4v) is 5.96. The SMILES string of the molecule is O=C(c1cccs1)N(Cc1ccc(-c2cccc(Cl)c2)o1)C1CCS(=O)(=O)C1. The van der Waals surface area contributed by atoms with Gasteiger partial charge in [0.15, 0.2) is 9.84 Å². The summed E-state index contributed by atoms with van der Waals surface area (Å²) < 4.78 is 29.8. The van der Waals surface area contributed by atoms with E-state index in [4.69, 9.17) is 16.0 Å².